The summed E-state index contributed by atoms with van der Waals surface area (Å²) in [6.07, 6.45) is 1.58. The smallest absolute Gasteiger partial charge is 0.220 e. The molecule has 2 aromatic rings. The third kappa shape index (κ3) is 2.04. The topological polar surface area (TPSA) is 51.8 Å². The highest BCUT2D eigenvalue weighted by molar-refractivity contribution is 9.10. The minimum atomic E-state index is -0.329. The molecule has 0 atom stereocenters. The molecule has 0 saturated carbocycles. The second-order valence-corrected chi connectivity index (χ2v) is 4.30. The van der Waals surface area contributed by atoms with Gasteiger partial charge in [0, 0.05) is 16.2 Å². The summed E-state index contributed by atoms with van der Waals surface area (Å²) in [5.74, 6) is -0.190. The number of nitrogen functional groups attached to an aromatic ring is 1. The maximum absolute atomic E-state index is 13.6. The van der Waals surface area contributed by atoms with Crippen LogP contribution in [-0.4, -0.2) is 9.97 Å². The molecule has 16 heavy (non-hydrogen) atoms. The van der Waals surface area contributed by atoms with E-state index < -0.39 is 0 Å². The molecule has 3 nitrogen and oxygen atoms in total. The zero-order chi connectivity index (χ0) is 11.7. The van der Waals surface area contributed by atoms with Gasteiger partial charge in [-0.3, -0.25) is 0 Å². The molecule has 5 heteroatoms. The molecular formula is C11H9BrFN3. The van der Waals surface area contributed by atoms with Crippen molar-refractivity contribution in [2.24, 2.45) is 0 Å². The molecule has 0 spiro atoms. The van der Waals surface area contributed by atoms with Gasteiger partial charge in [0.05, 0.1) is 5.69 Å². The number of nitrogens with zero attached hydrogens (tertiary/aromatic N) is 2. The van der Waals surface area contributed by atoms with Crippen LogP contribution in [0.2, 0.25) is 0 Å². The number of aromatic nitrogens is 2. The van der Waals surface area contributed by atoms with Crippen molar-refractivity contribution in [3.05, 3.63) is 40.2 Å². The number of benzene rings is 1. The van der Waals surface area contributed by atoms with E-state index in [0.717, 1.165) is 10.0 Å². The van der Waals surface area contributed by atoms with Crippen LogP contribution in [0.3, 0.4) is 0 Å². The Labute approximate surface area is 101 Å². The Hall–Kier alpha value is -1.49. The first-order chi connectivity index (χ1) is 7.58. The third-order valence-corrected chi connectivity index (χ3v) is 2.67. The van der Waals surface area contributed by atoms with Crippen molar-refractivity contribution in [1.29, 1.82) is 0 Å². The van der Waals surface area contributed by atoms with Crippen LogP contribution in [0.15, 0.2) is 28.9 Å². The molecule has 0 aliphatic carbocycles. The van der Waals surface area contributed by atoms with Gasteiger partial charge in [0.25, 0.3) is 0 Å². The molecule has 0 fully saturated rings. The maximum Gasteiger partial charge on any atom is 0.220 e. The van der Waals surface area contributed by atoms with Gasteiger partial charge in [-0.25, -0.2) is 14.4 Å². The number of hydrogen-bond donors (Lipinski definition) is 1. The van der Waals surface area contributed by atoms with Gasteiger partial charge in [0.2, 0.25) is 5.95 Å². The van der Waals surface area contributed by atoms with Gasteiger partial charge < -0.3 is 5.73 Å². The van der Waals surface area contributed by atoms with Crippen LogP contribution in [0.1, 0.15) is 5.56 Å². The number of rotatable bonds is 1. The van der Waals surface area contributed by atoms with Crippen molar-refractivity contribution >= 4 is 21.9 Å². The van der Waals surface area contributed by atoms with Crippen LogP contribution in [0.4, 0.5) is 10.3 Å². The lowest BCUT2D eigenvalue weighted by Gasteiger charge is -2.07. The SMILES string of the molecule is Cc1cnc(N)nc1-c1cc(Br)ccc1F. The van der Waals surface area contributed by atoms with Gasteiger partial charge in [-0.2, -0.15) is 0 Å². The summed E-state index contributed by atoms with van der Waals surface area (Å²) in [7, 11) is 0. The van der Waals surface area contributed by atoms with Crippen LogP contribution in [0.25, 0.3) is 11.3 Å². The predicted molar refractivity (Wildman–Crippen MR) is 64.3 cm³/mol. The van der Waals surface area contributed by atoms with Gasteiger partial charge in [-0.15, -0.1) is 0 Å². The van der Waals surface area contributed by atoms with E-state index in [1.54, 1.807) is 18.3 Å². The molecule has 1 aromatic carbocycles. The van der Waals surface area contributed by atoms with Gasteiger partial charge in [-0.05, 0) is 30.7 Å². The summed E-state index contributed by atoms with van der Waals surface area (Å²) >= 11 is 3.30. The molecule has 0 amide bonds. The summed E-state index contributed by atoms with van der Waals surface area (Å²) in [6.45, 7) is 1.81. The van der Waals surface area contributed by atoms with Crippen LogP contribution >= 0.6 is 15.9 Å². The summed E-state index contributed by atoms with van der Waals surface area (Å²) in [4.78, 5) is 7.90. The van der Waals surface area contributed by atoms with E-state index >= 15 is 0 Å². The highest BCUT2D eigenvalue weighted by Gasteiger charge is 2.10. The molecule has 0 radical (unpaired) electrons. The second kappa shape index (κ2) is 4.17. The first-order valence-electron chi connectivity index (χ1n) is 4.62. The monoisotopic (exact) mass is 281 g/mol. The minimum absolute atomic E-state index is 0.139. The quantitative estimate of drug-likeness (QED) is 0.874. The number of halogens is 2. The van der Waals surface area contributed by atoms with Gasteiger partial charge in [0.15, 0.2) is 0 Å². The number of aryl methyl sites for hydroxylation is 1. The minimum Gasteiger partial charge on any atom is -0.368 e. The number of anilines is 1. The highest BCUT2D eigenvalue weighted by atomic mass is 79.9. The van der Waals surface area contributed by atoms with E-state index in [1.165, 1.54) is 6.07 Å². The van der Waals surface area contributed by atoms with Crippen LogP contribution in [0, 0.1) is 12.7 Å². The van der Waals surface area contributed by atoms with E-state index in [2.05, 4.69) is 25.9 Å². The molecule has 82 valence electrons. The van der Waals surface area contributed by atoms with Gasteiger partial charge in [-0.1, -0.05) is 15.9 Å². The zero-order valence-corrected chi connectivity index (χ0v) is 10.1. The van der Waals surface area contributed by atoms with Gasteiger partial charge >= 0.3 is 0 Å². The fourth-order valence-electron chi connectivity index (χ4n) is 1.41. The highest BCUT2D eigenvalue weighted by Crippen LogP contribution is 2.27. The average Bonchev–Trinajstić information content (AvgIpc) is 2.25. The van der Waals surface area contributed by atoms with E-state index in [4.69, 9.17) is 5.73 Å². The summed E-state index contributed by atoms with van der Waals surface area (Å²) < 4.78 is 14.4. The van der Waals surface area contributed by atoms with Crippen molar-refractivity contribution in [2.45, 2.75) is 6.92 Å². The normalized spacial score (nSPS) is 10.4. The maximum atomic E-state index is 13.6. The molecule has 1 heterocycles. The van der Waals surface area contributed by atoms with E-state index in [0.29, 0.717) is 11.3 Å². The Bertz CT molecular complexity index is 493. The van der Waals surface area contributed by atoms with Crippen molar-refractivity contribution in [2.75, 3.05) is 5.73 Å². The lowest BCUT2D eigenvalue weighted by Crippen LogP contribution is -1.99. The Morgan fingerprint density at radius 2 is 2.12 bits per heavy atom. The Kier molecular flexibility index (Phi) is 2.87. The van der Waals surface area contributed by atoms with Crippen LogP contribution in [-0.2, 0) is 0 Å². The molecule has 1 aromatic heterocycles. The zero-order valence-electron chi connectivity index (χ0n) is 8.54. The molecule has 2 N–H and O–H groups in total. The molecule has 0 bridgehead atoms. The molecule has 0 saturated heterocycles. The van der Waals surface area contributed by atoms with E-state index in [9.17, 15) is 4.39 Å². The first-order valence-corrected chi connectivity index (χ1v) is 5.42. The van der Waals surface area contributed by atoms with Crippen molar-refractivity contribution in [1.82, 2.24) is 9.97 Å². The number of hydrogen-bond acceptors (Lipinski definition) is 3. The largest absolute Gasteiger partial charge is 0.368 e. The molecule has 0 aliphatic heterocycles. The summed E-state index contributed by atoms with van der Waals surface area (Å²) in [5, 5.41) is 0. The summed E-state index contributed by atoms with van der Waals surface area (Å²) in [6, 6.07) is 4.69. The average molecular weight is 282 g/mol. The molecule has 0 aliphatic rings. The molecule has 2 rings (SSSR count). The van der Waals surface area contributed by atoms with Crippen LogP contribution < -0.4 is 5.73 Å². The van der Waals surface area contributed by atoms with E-state index in [-0.39, 0.29) is 11.8 Å². The fraction of sp³-hybridized carbons (Fsp3) is 0.0909. The van der Waals surface area contributed by atoms with Gasteiger partial charge in [0.1, 0.15) is 5.82 Å². The Balaban J connectivity index is 2.66. The molecular weight excluding hydrogens is 273 g/mol. The van der Waals surface area contributed by atoms with Crippen molar-refractivity contribution in [3.63, 3.8) is 0 Å². The number of nitrogens with two attached hydrogens (primary N) is 1. The fourth-order valence-corrected chi connectivity index (χ4v) is 1.77. The third-order valence-electron chi connectivity index (χ3n) is 2.17. The lowest BCUT2D eigenvalue weighted by atomic mass is 10.1. The molecule has 0 unspecified atom stereocenters. The second-order valence-electron chi connectivity index (χ2n) is 3.38. The van der Waals surface area contributed by atoms with Crippen molar-refractivity contribution < 1.29 is 4.39 Å². The van der Waals surface area contributed by atoms with Crippen molar-refractivity contribution in [3.8, 4) is 11.3 Å². The summed E-state index contributed by atoms with van der Waals surface area (Å²) in [5.41, 5.74) is 7.22. The lowest BCUT2D eigenvalue weighted by molar-refractivity contribution is 0.630. The Morgan fingerprint density at radius 1 is 1.38 bits per heavy atom. The standard InChI is InChI=1S/C11H9BrFN3/c1-6-5-15-11(14)16-10(6)8-4-7(12)2-3-9(8)13/h2-5H,1H3,(H2,14,15,16). The first kappa shape index (κ1) is 11.0. The van der Waals surface area contributed by atoms with Crippen LogP contribution in [0.5, 0.6) is 0 Å². The predicted octanol–water partition coefficient (Wildman–Crippen LogP) is 2.94. The Morgan fingerprint density at radius 3 is 2.88 bits per heavy atom. The van der Waals surface area contributed by atoms with E-state index in [1.807, 2.05) is 6.92 Å².